The van der Waals surface area contributed by atoms with E-state index in [2.05, 4.69) is 4.52 Å². The molecule has 4 nitrogen and oxygen atoms in total. The summed E-state index contributed by atoms with van der Waals surface area (Å²) in [7, 11) is -3.37. The summed E-state index contributed by atoms with van der Waals surface area (Å²) in [6.07, 6.45) is 0. The van der Waals surface area contributed by atoms with E-state index in [4.69, 9.17) is 0 Å². The molecule has 0 radical (unpaired) electrons. The summed E-state index contributed by atoms with van der Waals surface area (Å²) in [5, 5.41) is 12.1. The number of benzene rings is 3. The summed E-state index contributed by atoms with van der Waals surface area (Å²) >= 11 is 0. The summed E-state index contributed by atoms with van der Waals surface area (Å²) in [5.74, 6) is -0.256. The average Bonchev–Trinajstić information content (AvgIpc) is 2.48. The zero-order valence-corrected chi connectivity index (χ0v) is 14.9. The molecule has 6 heteroatoms. The van der Waals surface area contributed by atoms with E-state index in [1.807, 2.05) is 42.5 Å². The van der Waals surface area contributed by atoms with Crippen molar-refractivity contribution in [2.24, 2.45) is 0 Å². The van der Waals surface area contributed by atoms with Crippen molar-refractivity contribution >= 4 is 19.0 Å². The molecule has 106 valence electrons. The number of phenolic OH excluding ortho intramolecular Hbond substituents is 1. The SMILES string of the molecule is O=[PH]([O-])Oc1ccc(-c2ccc3ccccc3c2)cc1O.[Na+]. The minimum absolute atomic E-state index is 0. The smallest absolute Gasteiger partial charge is 0.771 e. The second-order valence-corrected chi connectivity index (χ2v) is 5.30. The Morgan fingerprint density at radius 1 is 0.909 bits per heavy atom. The molecule has 0 fully saturated rings. The van der Waals surface area contributed by atoms with Crippen molar-refractivity contribution in [2.45, 2.75) is 0 Å². The van der Waals surface area contributed by atoms with Gasteiger partial charge in [-0.25, -0.2) is 0 Å². The zero-order valence-electron chi connectivity index (χ0n) is 11.9. The maximum absolute atomic E-state index is 10.6. The molecule has 0 spiro atoms. The van der Waals surface area contributed by atoms with Crippen molar-refractivity contribution in [3.05, 3.63) is 60.7 Å². The van der Waals surface area contributed by atoms with E-state index in [1.54, 1.807) is 6.07 Å². The number of rotatable bonds is 3. The zero-order chi connectivity index (χ0) is 14.8. The van der Waals surface area contributed by atoms with Crippen LogP contribution in [0.15, 0.2) is 60.7 Å². The van der Waals surface area contributed by atoms with Gasteiger partial charge in [0, 0.05) is 0 Å². The molecule has 1 unspecified atom stereocenters. The fourth-order valence-corrected chi connectivity index (χ4v) is 2.59. The standard InChI is InChI=1S/C16H13O4P.Na/c17-15-10-14(7-8-16(15)20-21(18)19)13-6-5-11-3-1-2-4-12(11)9-13;/h1-10,17,21H,(H,18,19);/q;+1/p-1. The topological polar surface area (TPSA) is 69.6 Å². The van der Waals surface area contributed by atoms with Gasteiger partial charge in [0.25, 0.3) is 0 Å². The van der Waals surface area contributed by atoms with E-state index in [0.717, 1.165) is 21.9 Å². The first-order chi connectivity index (χ1) is 10.1. The van der Waals surface area contributed by atoms with Crippen LogP contribution in [0.1, 0.15) is 0 Å². The molecule has 0 aliphatic heterocycles. The van der Waals surface area contributed by atoms with Crippen molar-refractivity contribution in [1.29, 1.82) is 0 Å². The molecule has 3 rings (SSSR count). The van der Waals surface area contributed by atoms with E-state index < -0.39 is 8.25 Å². The summed E-state index contributed by atoms with van der Waals surface area (Å²) in [6, 6.07) is 18.6. The van der Waals surface area contributed by atoms with Gasteiger partial charge in [-0.3, -0.25) is 4.57 Å². The second-order valence-electron chi connectivity index (χ2n) is 4.60. The van der Waals surface area contributed by atoms with Crippen LogP contribution in [0.3, 0.4) is 0 Å². The first kappa shape index (κ1) is 17.1. The van der Waals surface area contributed by atoms with Gasteiger partial charge < -0.3 is 14.5 Å². The van der Waals surface area contributed by atoms with Crippen molar-refractivity contribution in [1.82, 2.24) is 0 Å². The molecular weight excluding hydrogens is 310 g/mol. The Hall–Kier alpha value is -1.29. The molecule has 0 heterocycles. The van der Waals surface area contributed by atoms with Gasteiger partial charge >= 0.3 is 29.6 Å². The van der Waals surface area contributed by atoms with Gasteiger partial charge in [0.2, 0.25) is 0 Å². The minimum atomic E-state index is -3.37. The summed E-state index contributed by atoms with van der Waals surface area (Å²) in [4.78, 5) is 10.6. The first-order valence-electron chi connectivity index (χ1n) is 6.34. The maximum atomic E-state index is 10.6. The van der Waals surface area contributed by atoms with Crippen molar-refractivity contribution in [3.63, 3.8) is 0 Å². The predicted octanol–water partition coefficient (Wildman–Crippen LogP) is 0.345. The van der Waals surface area contributed by atoms with Crippen LogP contribution in [0.5, 0.6) is 11.5 Å². The van der Waals surface area contributed by atoms with Crippen LogP contribution in [0.2, 0.25) is 0 Å². The van der Waals surface area contributed by atoms with Crippen LogP contribution in [0.4, 0.5) is 0 Å². The number of hydrogen-bond donors (Lipinski definition) is 1. The molecule has 1 atom stereocenters. The maximum Gasteiger partial charge on any atom is 1.00 e. The van der Waals surface area contributed by atoms with Crippen LogP contribution < -0.4 is 39.0 Å². The van der Waals surface area contributed by atoms with Gasteiger partial charge in [-0.05, 0) is 40.1 Å². The normalized spacial score (nSPS) is 11.7. The molecule has 3 aromatic rings. The van der Waals surface area contributed by atoms with Crippen LogP contribution >= 0.6 is 8.25 Å². The molecule has 1 N–H and O–H groups in total. The first-order valence-corrected chi connectivity index (χ1v) is 7.57. The third-order valence-electron chi connectivity index (χ3n) is 3.24. The monoisotopic (exact) mass is 322 g/mol. The molecule has 3 aromatic carbocycles. The van der Waals surface area contributed by atoms with Gasteiger partial charge in [0.1, 0.15) is 0 Å². The van der Waals surface area contributed by atoms with E-state index in [9.17, 15) is 14.6 Å². The summed E-state index contributed by atoms with van der Waals surface area (Å²) in [6.45, 7) is 0. The Balaban J connectivity index is 0.00000176. The van der Waals surface area contributed by atoms with E-state index in [0.29, 0.717) is 0 Å². The van der Waals surface area contributed by atoms with E-state index in [-0.39, 0.29) is 41.1 Å². The fraction of sp³-hybridized carbons (Fsp3) is 0. The Morgan fingerprint density at radius 3 is 2.23 bits per heavy atom. The van der Waals surface area contributed by atoms with Gasteiger partial charge in [-0.1, -0.05) is 42.5 Å². The molecule has 0 bridgehead atoms. The van der Waals surface area contributed by atoms with Crippen molar-refractivity contribution in [2.75, 3.05) is 0 Å². The summed E-state index contributed by atoms with van der Waals surface area (Å²) in [5.41, 5.74) is 1.72. The third kappa shape index (κ3) is 3.72. The van der Waals surface area contributed by atoms with E-state index in [1.165, 1.54) is 12.1 Å². The van der Waals surface area contributed by atoms with Gasteiger partial charge in [0.05, 0.1) is 0 Å². The fourth-order valence-electron chi connectivity index (χ4n) is 2.24. The van der Waals surface area contributed by atoms with Crippen LogP contribution in [-0.4, -0.2) is 5.11 Å². The number of phenols is 1. The molecule has 0 saturated carbocycles. The quantitative estimate of drug-likeness (QED) is 0.558. The van der Waals surface area contributed by atoms with Crippen molar-refractivity contribution < 1.29 is 48.6 Å². The average molecular weight is 322 g/mol. The molecule has 0 aliphatic carbocycles. The van der Waals surface area contributed by atoms with Crippen molar-refractivity contribution in [3.8, 4) is 22.6 Å². The third-order valence-corrected chi connectivity index (χ3v) is 3.62. The van der Waals surface area contributed by atoms with Gasteiger partial charge in [-0.15, -0.1) is 0 Å². The second kappa shape index (κ2) is 7.32. The predicted molar refractivity (Wildman–Crippen MR) is 80.7 cm³/mol. The number of hydrogen-bond acceptors (Lipinski definition) is 4. The minimum Gasteiger partial charge on any atom is -0.771 e. The molecule has 0 aromatic heterocycles. The van der Waals surface area contributed by atoms with Crippen LogP contribution in [0, 0.1) is 0 Å². The number of fused-ring (bicyclic) bond motifs is 1. The van der Waals surface area contributed by atoms with Crippen LogP contribution in [0.25, 0.3) is 21.9 Å². The molecule has 0 aliphatic rings. The molecule has 0 amide bonds. The Labute approximate surface area is 150 Å². The van der Waals surface area contributed by atoms with Gasteiger partial charge in [0.15, 0.2) is 19.8 Å². The summed E-state index contributed by atoms with van der Waals surface area (Å²) < 4.78 is 15.1. The number of aromatic hydroxyl groups is 1. The van der Waals surface area contributed by atoms with E-state index >= 15 is 0 Å². The Bertz CT molecular complexity index is 835. The Kier molecular flexibility index (Phi) is 5.68. The molecule has 22 heavy (non-hydrogen) atoms. The van der Waals surface area contributed by atoms with Gasteiger partial charge in [-0.2, -0.15) is 0 Å². The van der Waals surface area contributed by atoms with Crippen LogP contribution in [-0.2, 0) is 4.57 Å². The largest absolute Gasteiger partial charge is 1.00 e. The molecular formula is C16H12NaO4P. The Morgan fingerprint density at radius 2 is 1.55 bits per heavy atom. The molecule has 0 saturated heterocycles.